The van der Waals surface area contributed by atoms with Crippen molar-refractivity contribution in [3.05, 3.63) is 16.5 Å². The molecule has 1 atom stereocenters. The minimum absolute atomic E-state index is 0.0985. The number of hydrogen-bond acceptors (Lipinski definition) is 7. The molecular formula is C21H32N2O5S. The van der Waals surface area contributed by atoms with E-state index in [0.29, 0.717) is 36.3 Å². The predicted molar refractivity (Wildman–Crippen MR) is 112 cm³/mol. The topological polar surface area (TPSA) is 77.1 Å². The summed E-state index contributed by atoms with van der Waals surface area (Å²) in [6, 6.07) is 0.0985. The highest BCUT2D eigenvalue weighted by molar-refractivity contribution is 7.15. The molecule has 3 rings (SSSR count). The molecule has 1 aromatic heterocycles. The molecule has 2 aliphatic rings. The van der Waals surface area contributed by atoms with Crippen LogP contribution in [0.1, 0.15) is 56.0 Å². The molecule has 2 aliphatic heterocycles. The lowest BCUT2D eigenvalue weighted by Gasteiger charge is -2.37. The third kappa shape index (κ3) is 5.78. The zero-order chi connectivity index (χ0) is 20.8. The van der Waals surface area contributed by atoms with Crippen molar-refractivity contribution < 1.29 is 23.8 Å². The first kappa shape index (κ1) is 22.2. The number of rotatable bonds is 8. The quantitative estimate of drug-likeness (QED) is 0.646. The summed E-state index contributed by atoms with van der Waals surface area (Å²) in [7, 11) is 0. The highest BCUT2D eigenvalue weighted by atomic mass is 32.1. The maximum atomic E-state index is 12.8. The van der Waals surface area contributed by atoms with Gasteiger partial charge in [0.1, 0.15) is 5.00 Å². The summed E-state index contributed by atoms with van der Waals surface area (Å²) in [5.41, 5.74) is 1.43. The fourth-order valence-corrected chi connectivity index (χ4v) is 4.95. The minimum Gasteiger partial charge on any atom is -0.462 e. The van der Waals surface area contributed by atoms with Crippen LogP contribution in [0.4, 0.5) is 5.00 Å². The first-order valence-corrected chi connectivity index (χ1v) is 11.4. The maximum absolute atomic E-state index is 12.8. The van der Waals surface area contributed by atoms with E-state index in [-0.39, 0.29) is 30.8 Å². The van der Waals surface area contributed by atoms with Gasteiger partial charge in [-0.25, -0.2) is 4.79 Å². The molecule has 1 aromatic rings. The summed E-state index contributed by atoms with van der Waals surface area (Å²) in [6.07, 6.45) is 3.65. The second-order valence-electron chi connectivity index (χ2n) is 7.98. The molecule has 8 heteroatoms. The Balaban J connectivity index is 1.69. The van der Waals surface area contributed by atoms with Crippen molar-refractivity contribution in [2.24, 2.45) is 5.92 Å². The average molecular weight is 425 g/mol. The molecule has 3 heterocycles. The zero-order valence-corrected chi connectivity index (χ0v) is 18.4. The molecule has 162 valence electrons. The SMILES string of the molecule is CCOC(=O)c1c(CC(C)C)csc1NC(=O)CN1CCCCC1C1OCCO1. The van der Waals surface area contributed by atoms with Gasteiger partial charge in [-0.3, -0.25) is 9.69 Å². The molecule has 0 radical (unpaired) electrons. The molecule has 0 saturated carbocycles. The maximum Gasteiger partial charge on any atom is 0.341 e. The molecule has 1 amide bonds. The number of carbonyl (C=O) groups is 2. The number of nitrogens with one attached hydrogen (secondary N) is 1. The summed E-state index contributed by atoms with van der Waals surface area (Å²) in [4.78, 5) is 27.5. The Bertz CT molecular complexity index is 699. The molecule has 0 aromatic carbocycles. The number of esters is 1. The Labute approximate surface area is 176 Å². The van der Waals surface area contributed by atoms with Gasteiger partial charge in [0.25, 0.3) is 0 Å². The first-order valence-electron chi connectivity index (χ1n) is 10.5. The summed E-state index contributed by atoms with van der Waals surface area (Å²) in [5, 5.41) is 5.48. The van der Waals surface area contributed by atoms with E-state index < -0.39 is 0 Å². The van der Waals surface area contributed by atoms with E-state index in [0.717, 1.165) is 37.8 Å². The van der Waals surface area contributed by atoms with Crippen LogP contribution in [0.3, 0.4) is 0 Å². The van der Waals surface area contributed by atoms with Crippen LogP contribution in [0, 0.1) is 5.92 Å². The van der Waals surface area contributed by atoms with Gasteiger partial charge in [-0.05, 0) is 49.6 Å². The fraction of sp³-hybridized carbons (Fsp3) is 0.714. The highest BCUT2D eigenvalue weighted by Gasteiger charge is 2.34. The molecule has 1 N–H and O–H groups in total. The van der Waals surface area contributed by atoms with E-state index in [1.54, 1.807) is 6.92 Å². The van der Waals surface area contributed by atoms with Gasteiger partial charge in [0.2, 0.25) is 5.91 Å². The minimum atomic E-state index is -0.372. The van der Waals surface area contributed by atoms with Crippen LogP contribution in [-0.2, 0) is 25.4 Å². The van der Waals surface area contributed by atoms with Crippen molar-refractivity contribution in [1.82, 2.24) is 4.90 Å². The summed E-state index contributed by atoms with van der Waals surface area (Å²) >= 11 is 1.39. The van der Waals surface area contributed by atoms with Gasteiger partial charge in [0, 0.05) is 0 Å². The van der Waals surface area contributed by atoms with Crippen LogP contribution in [0.5, 0.6) is 0 Å². The molecule has 0 bridgehead atoms. The van der Waals surface area contributed by atoms with E-state index in [2.05, 4.69) is 24.1 Å². The Morgan fingerprint density at radius 2 is 2.07 bits per heavy atom. The molecule has 29 heavy (non-hydrogen) atoms. The van der Waals surface area contributed by atoms with E-state index in [9.17, 15) is 9.59 Å². The van der Waals surface area contributed by atoms with E-state index in [4.69, 9.17) is 14.2 Å². The monoisotopic (exact) mass is 424 g/mol. The van der Waals surface area contributed by atoms with Crippen molar-refractivity contribution in [1.29, 1.82) is 0 Å². The number of anilines is 1. The molecule has 1 unspecified atom stereocenters. The molecule has 0 aliphatic carbocycles. The number of ether oxygens (including phenoxy) is 3. The molecule has 7 nitrogen and oxygen atoms in total. The zero-order valence-electron chi connectivity index (χ0n) is 17.6. The smallest absolute Gasteiger partial charge is 0.341 e. The second-order valence-corrected chi connectivity index (χ2v) is 8.85. The summed E-state index contributed by atoms with van der Waals surface area (Å²) in [6.45, 7) is 8.62. The van der Waals surface area contributed by atoms with Gasteiger partial charge < -0.3 is 19.5 Å². The fourth-order valence-electron chi connectivity index (χ4n) is 3.97. The Kier molecular flexibility index (Phi) is 8.06. The van der Waals surface area contributed by atoms with Crippen LogP contribution < -0.4 is 5.32 Å². The van der Waals surface area contributed by atoms with E-state index >= 15 is 0 Å². The van der Waals surface area contributed by atoms with Crippen molar-refractivity contribution in [3.63, 3.8) is 0 Å². The number of thiophene rings is 1. The van der Waals surface area contributed by atoms with Gasteiger partial charge in [0.15, 0.2) is 6.29 Å². The third-order valence-electron chi connectivity index (χ3n) is 5.20. The molecule has 0 spiro atoms. The number of likely N-dealkylation sites (tertiary alicyclic amines) is 1. The predicted octanol–water partition coefficient (Wildman–Crippen LogP) is 3.29. The Morgan fingerprint density at radius 3 is 2.76 bits per heavy atom. The van der Waals surface area contributed by atoms with Crippen molar-refractivity contribution >= 4 is 28.2 Å². The largest absolute Gasteiger partial charge is 0.462 e. The molecular weight excluding hydrogens is 392 g/mol. The lowest BCUT2D eigenvalue weighted by atomic mass is 10.0. The standard InChI is InChI=1S/C21H32N2O5S/c1-4-26-20(25)18-15(11-14(2)3)13-29-19(18)22-17(24)12-23-8-6-5-7-16(23)21-27-9-10-28-21/h13-14,16,21H,4-12H2,1-3H3,(H,22,24). The van der Waals surface area contributed by atoms with Crippen LogP contribution in [0.25, 0.3) is 0 Å². The summed E-state index contributed by atoms with van der Waals surface area (Å²) < 4.78 is 16.6. The normalized spacial score (nSPS) is 20.9. The second kappa shape index (κ2) is 10.5. The number of piperidine rings is 1. The van der Waals surface area contributed by atoms with E-state index in [1.807, 2.05) is 5.38 Å². The first-order chi connectivity index (χ1) is 14.0. The van der Waals surface area contributed by atoms with Crippen LogP contribution in [-0.4, -0.2) is 62.0 Å². The third-order valence-corrected chi connectivity index (χ3v) is 6.14. The van der Waals surface area contributed by atoms with Crippen molar-refractivity contribution in [3.8, 4) is 0 Å². The number of nitrogens with zero attached hydrogens (tertiary/aromatic N) is 1. The average Bonchev–Trinajstić information content (AvgIpc) is 3.32. The van der Waals surface area contributed by atoms with Gasteiger partial charge in [-0.2, -0.15) is 0 Å². The Hall–Kier alpha value is -1.48. The summed E-state index contributed by atoms with van der Waals surface area (Å²) in [5.74, 6) is -0.0939. The number of amides is 1. The van der Waals surface area contributed by atoms with E-state index in [1.165, 1.54) is 11.3 Å². The highest BCUT2D eigenvalue weighted by Crippen LogP contribution is 2.31. The van der Waals surface area contributed by atoms with Gasteiger partial charge in [-0.1, -0.05) is 20.3 Å². The molecule has 2 saturated heterocycles. The van der Waals surface area contributed by atoms with Crippen molar-refractivity contribution in [2.75, 3.05) is 38.2 Å². The van der Waals surface area contributed by atoms with Gasteiger partial charge in [0.05, 0.1) is 38.0 Å². The lowest BCUT2D eigenvalue weighted by molar-refractivity contribution is -0.127. The van der Waals surface area contributed by atoms with Gasteiger partial charge >= 0.3 is 5.97 Å². The lowest BCUT2D eigenvalue weighted by Crippen LogP contribution is -2.50. The van der Waals surface area contributed by atoms with Crippen LogP contribution in [0.15, 0.2) is 5.38 Å². The van der Waals surface area contributed by atoms with Crippen molar-refractivity contribution in [2.45, 2.75) is 58.8 Å². The Morgan fingerprint density at radius 1 is 1.31 bits per heavy atom. The van der Waals surface area contributed by atoms with Crippen LogP contribution >= 0.6 is 11.3 Å². The molecule has 2 fully saturated rings. The van der Waals surface area contributed by atoms with Gasteiger partial charge in [-0.15, -0.1) is 11.3 Å². The number of hydrogen-bond donors (Lipinski definition) is 1. The van der Waals surface area contributed by atoms with Crippen LogP contribution in [0.2, 0.25) is 0 Å². The number of carbonyl (C=O) groups excluding carboxylic acids is 2.